The average Bonchev–Trinajstić information content (AvgIpc) is 3.69. The molecule has 5 rings (SSSR count). The highest BCUT2D eigenvalue weighted by Gasteiger charge is 2.46. The molecule has 26 heteroatoms. The number of aliphatic hydroxyl groups is 2. The van der Waals surface area contributed by atoms with Gasteiger partial charge in [-0.3, -0.25) is 23.0 Å². The van der Waals surface area contributed by atoms with Crippen LogP contribution in [0.3, 0.4) is 0 Å². The summed E-state index contributed by atoms with van der Waals surface area (Å²) in [7, 11) is -17.8. The van der Waals surface area contributed by atoms with Gasteiger partial charge in [0.05, 0.1) is 25.0 Å². The Bertz CT molecular complexity index is 1620. The number of ether oxygens (including phenoxy) is 1. The highest BCUT2D eigenvalue weighted by molar-refractivity contribution is 8.00. The van der Waals surface area contributed by atoms with Crippen molar-refractivity contribution in [1.82, 2.24) is 30.2 Å². The molecule has 7 N–H and O–H groups in total. The number of nitrogens with two attached hydrogens (primary N) is 1. The topological polar surface area (TPSA) is 332 Å². The van der Waals surface area contributed by atoms with Gasteiger partial charge in [0.1, 0.15) is 30.2 Å². The minimum absolute atomic E-state index is 0.00835. The molecule has 4 unspecified atom stereocenters. The third-order valence-electron chi connectivity index (χ3n) is 7.07. The molecule has 0 spiro atoms. The van der Waals surface area contributed by atoms with Crippen LogP contribution in [0.4, 0.5) is 10.6 Å². The quantitative estimate of drug-likeness (QED) is 0.0722. The molecular formula is C20H28N7O15P3S-2. The Morgan fingerprint density at radius 3 is 2.65 bits per heavy atom. The number of nitrogens with one attached hydrogen (secondary N) is 2. The van der Waals surface area contributed by atoms with E-state index in [2.05, 4.69) is 43.3 Å². The van der Waals surface area contributed by atoms with E-state index < -0.39 is 67.0 Å². The molecule has 0 aromatic carbocycles. The van der Waals surface area contributed by atoms with Crippen LogP contribution in [-0.2, 0) is 40.9 Å². The number of fused-ring (bicyclic) bond motifs is 2. The first-order chi connectivity index (χ1) is 21.5. The van der Waals surface area contributed by atoms with E-state index in [1.165, 1.54) is 10.9 Å². The summed E-state index contributed by atoms with van der Waals surface area (Å²) in [6.07, 6.45) is -3.19. The molecule has 10 atom stereocenters. The van der Waals surface area contributed by atoms with Crippen LogP contribution in [-0.4, -0.2) is 94.6 Å². The van der Waals surface area contributed by atoms with E-state index in [9.17, 15) is 48.2 Å². The van der Waals surface area contributed by atoms with Crippen LogP contribution in [0.2, 0.25) is 0 Å². The van der Waals surface area contributed by atoms with Gasteiger partial charge in [-0.2, -0.15) is 11.8 Å². The summed E-state index contributed by atoms with van der Waals surface area (Å²) in [6.45, 7) is -1.04. The third-order valence-corrected chi connectivity index (χ3v) is 12.7. The van der Waals surface area contributed by atoms with Gasteiger partial charge >= 0.3 is 27.6 Å². The number of aliphatic hydroxyl groups excluding tert-OH is 2. The van der Waals surface area contributed by atoms with Gasteiger partial charge in [0.15, 0.2) is 17.7 Å². The number of carbonyl (C=O) groups excluding carboxylic acids is 2. The fourth-order valence-electron chi connectivity index (χ4n) is 5.05. The number of rotatable bonds is 14. The summed E-state index contributed by atoms with van der Waals surface area (Å²) in [6, 6.07) is -0.304. The van der Waals surface area contributed by atoms with Gasteiger partial charge in [0, 0.05) is 17.4 Å². The summed E-state index contributed by atoms with van der Waals surface area (Å²) in [5, 5.41) is 26.5. The van der Waals surface area contributed by atoms with Crippen molar-refractivity contribution in [2.24, 2.45) is 0 Å². The van der Waals surface area contributed by atoms with Crippen molar-refractivity contribution in [3.8, 4) is 0 Å². The van der Waals surface area contributed by atoms with Crippen molar-refractivity contribution in [1.29, 1.82) is 0 Å². The van der Waals surface area contributed by atoms with E-state index >= 15 is 0 Å². The lowest BCUT2D eigenvalue weighted by atomic mass is 10.0. The van der Waals surface area contributed by atoms with Crippen molar-refractivity contribution in [2.45, 2.75) is 67.6 Å². The van der Waals surface area contributed by atoms with E-state index in [0.717, 1.165) is 12.1 Å². The van der Waals surface area contributed by atoms with E-state index in [1.807, 2.05) is 0 Å². The van der Waals surface area contributed by atoms with Crippen molar-refractivity contribution in [3.63, 3.8) is 0 Å². The van der Waals surface area contributed by atoms with Crippen molar-refractivity contribution in [3.05, 3.63) is 12.7 Å². The molecule has 3 fully saturated rings. The van der Waals surface area contributed by atoms with Crippen LogP contribution in [0.15, 0.2) is 12.7 Å². The number of carbonyl (C=O) groups is 2. The molecule has 0 aliphatic carbocycles. The molecule has 0 radical (unpaired) electrons. The zero-order valence-electron chi connectivity index (χ0n) is 23.3. The van der Waals surface area contributed by atoms with Crippen LogP contribution >= 0.6 is 35.2 Å². The maximum atomic E-state index is 12.3. The molecule has 3 aliphatic heterocycles. The zero-order valence-corrected chi connectivity index (χ0v) is 26.8. The van der Waals surface area contributed by atoms with E-state index in [-0.39, 0.29) is 46.8 Å². The SMILES string of the molecule is Nc1ncnc2c1ncn2[C@@H]1O[C@H](COP(=O)(O)OP(=O)([O-])OP(=O)([O-])OC(=O)CCCC[C@@H]2SC[C@@H]3NC(=O)N[C@@H]32)C(O)[C@@H]1O. The van der Waals surface area contributed by atoms with Crippen LogP contribution in [0.5, 0.6) is 0 Å². The van der Waals surface area contributed by atoms with Gasteiger partial charge in [0.25, 0.3) is 7.82 Å². The molecule has 46 heavy (non-hydrogen) atoms. The molecular weight excluding hydrogens is 703 g/mol. The number of amides is 2. The lowest BCUT2D eigenvalue weighted by molar-refractivity contribution is -0.238. The number of hydrogen-bond donors (Lipinski definition) is 6. The summed E-state index contributed by atoms with van der Waals surface area (Å²) < 4.78 is 59.2. The second kappa shape index (κ2) is 13.7. The third kappa shape index (κ3) is 8.24. The molecule has 0 saturated carbocycles. The van der Waals surface area contributed by atoms with Crippen LogP contribution in [0.1, 0.15) is 31.9 Å². The van der Waals surface area contributed by atoms with E-state index in [1.54, 1.807) is 11.8 Å². The Kier molecular flexibility index (Phi) is 10.5. The highest BCUT2D eigenvalue weighted by Crippen LogP contribution is 2.64. The van der Waals surface area contributed by atoms with Gasteiger partial charge in [-0.15, -0.1) is 0 Å². The molecule has 3 aliphatic rings. The smallest absolute Gasteiger partial charge is 0.478 e. The highest BCUT2D eigenvalue weighted by atomic mass is 32.2. The molecule has 5 heterocycles. The number of phosphoric ester groups is 2. The molecule has 0 bridgehead atoms. The Balaban J connectivity index is 1.06. The van der Waals surface area contributed by atoms with Crippen molar-refractivity contribution in [2.75, 3.05) is 18.1 Å². The number of aromatic nitrogens is 4. The normalized spacial score (nSPS) is 31.4. The van der Waals surface area contributed by atoms with Crippen molar-refractivity contribution >= 4 is 64.2 Å². The molecule has 256 valence electrons. The largest absolute Gasteiger partial charge is 0.756 e. The number of unbranched alkanes of at least 4 members (excludes halogenated alkanes) is 1. The van der Waals surface area contributed by atoms with E-state index in [4.69, 9.17) is 10.5 Å². The average molecular weight is 731 g/mol. The number of nitrogen functional groups attached to an aromatic ring is 1. The number of imidazole rings is 1. The first-order valence-electron chi connectivity index (χ1n) is 13.4. The molecule has 22 nitrogen and oxygen atoms in total. The first-order valence-corrected chi connectivity index (χ1v) is 18.9. The molecule has 3 saturated heterocycles. The lowest BCUT2D eigenvalue weighted by Crippen LogP contribution is -2.36. The van der Waals surface area contributed by atoms with Gasteiger partial charge in [-0.05, 0) is 12.8 Å². The van der Waals surface area contributed by atoms with Gasteiger partial charge in [-0.25, -0.2) is 32.9 Å². The predicted molar refractivity (Wildman–Crippen MR) is 149 cm³/mol. The lowest BCUT2D eigenvalue weighted by Gasteiger charge is -2.30. The monoisotopic (exact) mass is 731 g/mol. The Morgan fingerprint density at radius 2 is 1.89 bits per heavy atom. The predicted octanol–water partition coefficient (Wildman–Crippen LogP) is -1.62. The van der Waals surface area contributed by atoms with Crippen LogP contribution < -0.4 is 26.2 Å². The Morgan fingerprint density at radius 1 is 1.13 bits per heavy atom. The standard InChI is InChI=1S/C20H30N7O15P3S/c21-17-14-18(23-7-22-17)27(8-24-14)19-16(30)15(29)10(39-19)5-38-43(32,33)41-45(36,37)42-44(34,35)40-12(28)4-2-1-3-11-13-9(6-46-11)25-20(31)26-13/h7-11,13,15-16,19,29-30H,1-6H2,(H,32,33)(H,34,35)(H,36,37)(H2,21,22,23)(H2,25,26,31)/p-2/t9-,10+,11-,13-,15?,16-,19+/m0/s1. The Hall–Kier alpha value is -2.23. The maximum Gasteiger partial charge on any atom is 0.478 e. The zero-order chi connectivity index (χ0) is 33.4. The number of thioether (sulfide) groups is 1. The Labute approximate surface area is 263 Å². The second-order valence-corrected chi connectivity index (χ2v) is 16.0. The first kappa shape index (κ1) is 35.1. The van der Waals surface area contributed by atoms with Gasteiger partial charge < -0.3 is 50.5 Å². The minimum atomic E-state index is -6.20. The molecule has 2 aromatic heterocycles. The molecule has 2 aromatic rings. The number of phosphoric acid groups is 3. The van der Waals surface area contributed by atoms with Crippen LogP contribution in [0.25, 0.3) is 11.2 Å². The van der Waals surface area contributed by atoms with Crippen molar-refractivity contribution < 1.29 is 70.6 Å². The molecule has 2 amide bonds. The number of hydrogen-bond acceptors (Lipinski definition) is 19. The van der Waals surface area contributed by atoms with Gasteiger partial charge in [0.2, 0.25) is 0 Å². The van der Waals surface area contributed by atoms with Crippen LogP contribution in [0, 0.1) is 0 Å². The summed E-state index contributed by atoms with van der Waals surface area (Å²) in [5.41, 5.74) is 6.00. The fraction of sp³-hybridized carbons (Fsp3) is 0.650. The number of urea groups is 1. The van der Waals surface area contributed by atoms with E-state index in [0.29, 0.717) is 12.8 Å². The summed E-state index contributed by atoms with van der Waals surface area (Å²) in [4.78, 5) is 69.1. The summed E-state index contributed by atoms with van der Waals surface area (Å²) in [5.74, 6) is -0.606. The number of nitrogens with zero attached hydrogens (tertiary/aromatic N) is 4. The maximum absolute atomic E-state index is 12.3. The fourth-order valence-corrected chi connectivity index (χ4v) is 9.97. The summed E-state index contributed by atoms with van der Waals surface area (Å²) >= 11 is 1.64. The number of anilines is 1. The van der Waals surface area contributed by atoms with Gasteiger partial charge in [-0.1, -0.05) is 6.42 Å². The minimum Gasteiger partial charge on any atom is -0.756 e. The second-order valence-electron chi connectivity index (χ2n) is 10.3.